The Hall–Kier alpha value is -2.16. The van der Waals surface area contributed by atoms with Crippen molar-refractivity contribution in [1.82, 2.24) is 0 Å². The second kappa shape index (κ2) is 6.33. The molecule has 0 fully saturated rings. The van der Waals surface area contributed by atoms with Crippen molar-refractivity contribution >= 4 is 11.6 Å². The number of anilines is 1. The largest absolute Gasteiger partial charge is 0.324 e. The smallest absolute Gasteiger partial charge is 0.225 e. The number of rotatable bonds is 4. The molecule has 104 valence electrons. The Labute approximate surface area is 118 Å². The van der Waals surface area contributed by atoms with Gasteiger partial charge in [-0.2, -0.15) is 0 Å². The molecule has 1 N–H and O–H groups in total. The SMILES string of the molecule is Cc1ccc(F)c(NC(=O)CC(C)c2ccccc2)c1. The van der Waals surface area contributed by atoms with Gasteiger partial charge >= 0.3 is 0 Å². The van der Waals surface area contributed by atoms with E-state index in [9.17, 15) is 9.18 Å². The van der Waals surface area contributed by atoms with Gasteiger partial charge in [0, 0.05) is 6.42 Å². The van der Waals surface area contributed by atoms with E-state index in [-0.39, 0.29) is 17.5 Å². The lowest BCUT2D eigenvalue weighted by Gasteiger charge is -2.12. The van der Waals surface area contributed by atoms with Crippen LogP contribution in [-0.4, -0.2) is 5.91 Å². The van der Waals surface area contributed by atoms with Crippen molar-refractivity contribution in [2.24, 2.45) is 0 Å². The van der Waals surface area contributed by atoms with Gasteiger partial charge < -0.3 is 5.32 Å². The highest BCUT2D eigenvalue weighted by Crippen LogP contribution is 2.21. The fraction of sp³-hybridized carbons (Fsp3) is 0.235. The quantitative estimate of drug-likeness (QED) is 0.884. The first-order chi connectivity index (χ1) is 9.56. The molecule has 0 radical (unpaired) electrons. The van der Waals surface area contributed by atoms with Crippen molar-refractivity contribution in [2.45, 2.75) is 26.2 Å². The first kappa shape index (κ1) is 14.3. The van der Waals surface area contributed by atoms with E-state index < -0.39 is 5.82 Å². The number of hydrogen-bond acceptors (Lipinski definition) is 1. The Bertz CT molecular complexity index is 595. The van der Waals surface area contributed by atoms with Crippen LogP contribution in [0.3, 0.4) is 0 Å². The molecule has 2 aromatic carbocycles. The van der Waals surface area contributed by atoms with Crippen LogP contribution >= 0.6 is 0 Å². The molecule has 0 saturated heterocycles. The summed E-state index contributed by atoms with van der Waals surface area (Å²) < 4.78 is 13.6. The zero-order valence-corrected chi connectivity index (χ0v) is 11.7. The molecule has 0 heterocycles. The van der Waals surface area contributed by atoms with Crippen LogP contribution in [0.4, 0.5) is 10.1 Å². The predicted octanol–water partition coefficient (Wildman–Crippen LogP) is 4.27. The third kappa shape index (κ3) is 3.67. The van der Waals surface area contributed by atoms with Gasteiger partial charge in [-0.05, 0) is 36.1 Å². The van der Waals surface area contributed by atoms with Crippen LogP contribution in [0.25, 0.3) is 0 Å². The molecule has 0 saturated carbocycles. The maximum absolute atomic E-state index is 13.6. The van der Waals surface area contributed by atoms with Gasteiger partial charge in [-0.25, -0.2) is 4.39 Å². The van der Waals surface area contributed by atoms with E-state index in [2.05, 4.69) is 5.32 Å². The molecule has 0 aromatic heterocycles. The first-order valence-electron chi connectivity index (χ1n) is 6.67. The van der Waals surface area contributed by atoms with Gasteiger partial charge in [0.05, 0.1) is 5.69 Å². The lowest BCUT2D eigenvalue weighted by molar-refractivity contribution is -0.116. The Balaban J connectivity index is 2.01. The Morgan fingerprint density at radius 2 is 1.90 bits per heavy atom. The van der Waals surface area contributed by atoms with E-state index in [0.717, 1.165) is 11.1 Å². The number of hydrogen-bond donors (Lipinski definition) is 1. The molecular weight excluding hydrogens is 253 g/mol. The molecule has 3 heteroatoms. The molecule has 0 aliphatic carbocycles. The molecule has 2 aromatic rings. The number of carbonyl (C=O) groups is 1. The van der Waals surface area contributed by atoms with Crippen molar-refractivity contribution in [3.05, 3.63) is 65.5 Å². The summed E-state index contributed by atoms with van der Waals surface area (Å²) in [6.45, 7) is 3.85. The van der Waals surface area contributed by atoms with Crippen LogP contribution in [0, 0.1) is 12.7 Å². The maximum Gasteiger partial charge on any atom is 0.225 e. The minimum absolute atomic E-state index is 0.101. The van der Waals surface area contributed by atoms with Crippen LogP contribution in [0.5, 0.6) is 0 Å². The molecule has 0 aliphatic rings. The van der Waals surface area contributed by atoms with Gasteiger partial charge in [0.1, 0.15) is 5.82 Å². The summed E-state index contributed by atoms with van der Waals surface area (Å²) >= 11 is 0. The average molecular weight is 271 g/mol. The number of halogens is 1. The summed E-state index contributed by atoms with van der Waals surface area (Å²) in [5.41, 5.74) is 2.26. The van der Waals surface area contributed by atoms with Crippen molar-refractivity contribution in [3.63, 3.8) is 0 Å². The van der Waals surface area contributed by atoms with Gasteiger partial charge in [-0.3, -0.25) is 4.79 Å². The average Bonchev–Trinajstić information content (AvgIpc) is 2.43. The van der Waals surface area contributed by atoms with Crippen molar-refractivity contribution in [3.8, 4) is 0 Å². The second-order valence-corrected chi connectivity index (χ2v) is 5.05. The zero-order valence-electron chi connectivity index (χ0n) is 11.7. The van der Waals surface area contributed by atoms with Crippen LogP contribution in [0.2, 0.25) is 0 Å². The molecule has 2 rings (SSSR count). The van der Waals surface area contributed by atoms with Crippen LogP contribution in [-0.2, 0) is 4.79 Å². The van der Waals surface area contributed by atoms with E-state index in [1.165, 1.54) is 6.07 Å². The van der Waals surface area contributed by atoms with Crippen molar-refractivity contribution < 1.29 is 9.18 Å². The van der Waals surface area contributed by atoms with E-state index in [1.807, 2.05) is 44.2 Å². The van der Waals surface area contributed by atoms with Gasteiger partial charge in [0.2, 0.25) is 5.91 Å². The molecule has 0 aliphatic heterocycles. The lowest BCUT2D eigenvalue weighted by Crippen LogP contribution is -2.15. The molecule has 0 bridgehead atoms. The molecule has 2 nitrogen and oxygen atoms in total. The van der Waals surface area contributed by atoms with E-state index >= 15 is 0 Å². The van der Waals surface area contributed by atoms with Crippen LogP contribution in [0.1, 0.15) is 30.4 Å². The monoisotopic (exact) mass is 271 g/mol. The number of aryl methyl sites for hydroxylation is 1. The standard InChI is InChI=1S/C17H18FNO/c1-12-8-9-15(18)16(10-12)19-17(20)11-13(2)14-6-4-3-5-7-14/h3-10,13H,11H2,1-2H3,(H,19,20). The maximum atomic E-state index is 13.6. The molecule has 1 atom stereocenters. The van der Waals surface area contributed by atoms with E-state index in [1.54, 1.807) is 12.1 Å². The second-order valence-electron chi connectivity index (χ2n) is 5.05. The Morgan fingerprint density at radius 1 is 1.20 bits per heavy atom. The summed E-state index contributed by atoms with van der Waals surface area (Å²) in [5.74, 6) is -0.480. The summed E-state index contributed by atoms with van der Waals surface area (Å²) in [4.78, 5) is 12.0. The van der Waals surface area contributed by atoms with Crippen molar-refractivity contribution in [1.29, 1.82) is 0 Å². The molecule has 0 spiro atoms. The third-order valence-corrected chi connectivity index (χ3v) is 3.26. The van der Waals surface area contributed by atoms with Crippen molar-refractivity contribution in [2.75, 3.05) is 5.32 Å². The van der Waals surface area contributed by atoms with Gasteiger partial charge in [-0.1, -0.05) is 43.3 Å². The lowest BCUT2D eigenvalue weighted by atomic mass is 9.97. The summed E-state index contributed by atoms with van der Waals surface area (Å²) in [6.07, 6.45) is 0.331. The molecular formula is C17H18FNO. The van der Waals surface area contributed by atoms with Crippen LogP contribution < -0.4 is 5.32 Å². The fourth-order valence-electron chi connectivity index (χ4n) is 2.11. The summed E-state index contributed by atoms with van der Waals surface area (Å²) in [7, 11) is 0. The fourth-order valence-corrected chi connectivity index (χ4v) is 2.11. The zero-order chi connectivity index (χ0) is 14.5. The Kier molecular flexibility index (Phi) is 4.51. The normalized spacial score (nSPS) is 11.9. The number of carbonyl (C=O) groups excluding carboxylic acids is 1. The van der Waals surface area contributed by atoms with Crippen LogP contribution in [0.15, 0.2) is 48.5 Å². The van der Waals surface area contributed by atoms with Gasteiger partial charge in [0.15, 0.2) is 0 Å². The van der Waals surface area contributed by atoms with E-state index in [0.29, 0.717) is 6.42 Å². The number of amides is 1. The minimum atomic E-state index is -0.406. The molecule has 1 amide bonds. The highest BCUT2D eigenvalue weighted by Gasteiger charge is 2.12. The number of benzene rings is 2. The van der Waals surface area contributed by atoms with Gasteiger partial charge in [-0.15, -0.1) is 0 Å². The minimum Gasteiger partial charge on any atom is -0.324 e. The van der Waals surface area contributed by atoms with E-state index in [4.69, 9.17) is 0 Å². The summed E-state index contributed by atoms with van der Waals surface area (Å²) in [6, 6.07) is 14.5. The number of nitrogens with one attached hydrogen (secondary N) is 1. The molecule has 1 unspecified atom stereocenters. The highest BCUT2D eigenvalue weighted by molar-refractivity contribution is 5.91. The topological polar surface area (TPSA) is 29.1 Å². The third-order valence-electron chi connectivity index (χ3n) is 3.26. The van der Waals surface area contributed by atoms with Gasteiger partial charge in [0.25, 0.3) is 0 Å². The first-order valence-corrected chi connectivity index (χ1v) is 6.67. The highest BCUT2D eigenvalue weighted by atomic mass is 19.1. The summed E-state index contributed by atoms with van der Waals surface area (Å²) in [5, 5.41) is 2.64. The predicted molar refractivity (Wildman–Crippen MR) is 79.2 cm³/mol. The Morgan fingerprint density at radius 3 is 2.60 bits per heavy atom. The molecule has 20 heavy (non-hydrogen) atoms.